The van der Waals surface area contributed by atoms with Gasteiger partial charge in [-0.05, 0) is 24.3 Å². The largest absolute Gasteiger partial charge is 0.358 e. The Kier molecular flexibility index (Phi) is 4.91. The first-order valence-electron chi connectivity index (χ1n) is 8.82. The van der Waals surface area contributed by atoms with E-state index < -0.39 is 0 Å². The Balaban J connectivity index is 1.42. The minimum Gasteiger partial charge on any atom is -0.358 e. The van der Waals surface area contributed by atoms with Crippen LogP contribution in [0.5, 0.6) is 0 Å². The van der Waals surface area contributed by atoms with E-state index in [4.69, 9.17) is 11.6 Å². The molecule has 1 saturated heterocycles. The van der Waals surface area contributed by atoms with Gasteiger partial charge in [0.15, 0.2) is 0 Å². The van der Waals surface area contributed by atoms with Gasteiger partial charge in [-0.3, -0.25) is 5.10 Å². The van der Waals surface area contributed by atoms with Gasteiger partial charge in [0.1, 0.15) is 12.4 Å². The Morgan fingerprint density at radius 2 is 1.81 bits per heavy atom. The number of piperazine rings is 1. The van der Waals surface area contributed by atoms with Crippen LogP contribution in [0.3, 0.4) is 0 Å². The molecule has 1 aliphatic heterocycles. The summed E-state index contributed by atoms with van der Waals surface area (Å²) >= 11 is 5.98. The Hall–Kier alpha value is -2.37. The molecule has 0 aliphatic carbocycles. The fourth-order valence-electron chi connectivity index (χ4n) is 3.53. The third-order valence-corrected chi connectivity index (χ3v) is 5.21. The topological polar surface area (TPSA) is 36.4 Å². The molecule has 0 atom stereocenters. The van der Waals surface area contributed by atoms with Crippen LogP contribution in [0.15, 0.2) is 54.7 Å². The second kappa shape index (κ2) is 7.48. The third kappa shape index (κ3) is 3.59. The van der Waals surface area contributed by atoms with Crippen LogP contribution in [0.1, 0.15) is 5.56 Å². The second-order valence-electron chi connectivity index (χ2n) is 6.64. The second-order valence-corrected chi connectivity index (χ2v) is 7.08. The Bertz CT molecular complexity index is 870. The van der Waals surface area contributed by atoms with Gasteiger partial charge in [0, 0.05) is 10.6 Å². The molecule has 0 radical (unpaired) electrons. The van der Waals surface area contributed by atoms with E-state index in [9.17, 15) is 4.39 Å². The fraction of sp³-hybridized carbons (Fsp3) is 0.250. The first kappa shape index (κ1) is 17.1. The summed E-state index contributed by atoms with van der Waals surface area (Å²) in [6.45, 7) is 4.55. The van der Waals surface area contributed by atoms with E-state index in [2.05, 4.69) is 15.1 Å². The van der Waals surface area contributed by atoms with Crippen molar-refractivity contribution in [2.75, 3.05) is 31.1 Å². The molecule has 2 aromatic carbocycles. The number of quaternary nitrogens is 1. The average molecular weight is 372 g/mol. The van der Waals surface area contributed by atoms with E-state index in [0.717, 1.165) is 49.0 Å². The summed E-state index contributed by atoms with van der Waals surface area (Å²) in [5.74, 6) is -0.143. The highest BCUT2D eigenvalue weighted by atomic mass is 35.5. The maximum absolute atomic E-state index is 14.0. The molecule has 0 spiro atoms. The molecule has 1 fully saturated rings. The zero-order chi connectivity index (χ0) is 17.9. The first-order valence-corrected chi connectivity index (χ1v) is 9.20. The van der Waals surface area contributed by atoms with Crippen molar-refractivity contribution in [1.29, 1.82) is 0 Å². The quantitative estimate of drug-likeness (QED) is 0.740. The molecule has 4 nitrogen and oxygen atoms in total. The van der Waals surface area contributed by atoms with E-state index >= 15 is 0 Å². The number of H-pyrrole nitrogens is 1. The molecule has 0 unspecified atom stereocenters. The van der Waals surface area contributed by atoms with Crippen LogP contribution in [0.4, 0.5) is 10.1 Å². The van der Waals surface area contributed by atoms with Gasteiger partial charge in [-0.25, -0.2) is 4.39 Å². The minimum atomic E-state index is -0.143. The maximum Gasteiger partial charge on any atom is 0.146 e. The molecule has 0 amide bonds. The van der Waals surface area contributed by atoms with Crippen molar-refractivity contribution >= 4 is 17.3 Å². The summed E-state index contributed by atoms with van der Waals surface area (Å²) in [4.78, 5) is 3.61. The van der Waals surface area contributed by atoms with Crippen LogP contribution >= 0.6 is 11.6 Å². The van der Waals surface area contributed by atoms with Gasteiger partial charge in [0.2, 0.25) is 0 Å². The molecule has 3 aromatic rings. The van der Waals surface area contributed by atoms with Crippen LogP contribution in [0.2, 0.25) is 5.02 Å². The highest BCUT2D eigenvalue weighted by molar-refractivity contribution is 6.30. The number of aromatic amines is 1. The van der Waals surface area contributed by atoms with Gasteiger partial charge in [-0.15, -0.1) is 0 Å². The summed E-state index contributed by atoms with van der Waals surface area (Å²) in [5.41, 5.74) is 4.04. The van der Waals surface area contributed by atoms with Crippen molar-refractivity contribution in [1.82, 2.24) is 10.2 Å². The van der Waals surface area contributed by atoms with E-state index in [-0.39, 0.29) is 5.82 Å². The van der Waals surface area contributed by atoms with Crippen molar-refractivity contribution in [2.24, 2.45) is 0 Å². The van der Waals surface area contributed by atoms with E-state index in [1.165, 1.54) is 16.5 Å². The molecule has 2 heterocycles. The molecular weight excluding hydrogens is 351 g/mol. The normalized spacial score (nSPS) is 15.4. The van der Waals surface area contributed by atoms with E-state index in [0.29, 0.717) is 5.69 Å². The lowest BCUT2D eigenvalue weighted by Gasteiger charge is -2.33. The first-order chi connectivity index (χ1) is 12.7. The zero-order valence-electron chi connectivity index (χ0n) is 14.4. The van der Waals surface area contributed by atoms with Gasteiger partial charge in [-0.1, -0.05) is 35.9 Å². The van der Waals surface area contributed by atoms with Gasteiger partial charge >= 0.3 is 0 Å². The van der Waals surface area contributed by atoms with E-state index in [1.54, 1.807) is 6.07 Å². The lowest BCUT2D eigenvalue weighted by molar-refractivity contribution is -0.914. The molecule has 1 aromatic heterocycles. The molecule has 26 heavy (non-hydrogen) atoms. The number of nitrogens with zero attached hydrogens (tertiary/aromatic N) is 2. The number of para-hydroxylation sites is 1. The van der Waals surface area contributed by atoms with Crippen LogP contribution in [-0.2, 0) is 6.54 Å². The van der Waals surface area contributed by atoms with E-state index in [1.807, 2.05) is 42.6 Å². The summed E-state index contributed by atoms with van der Waals surface area (Å²) < 4.78 is 14.0. The van der Waals surface area contributed by atoms with Crippen LogP contribution < -0.4 is 9.80 Å². The monoisotopic (exact) mass is 371 g/mol. The Morgan fingerprint density at radius 3 is 2.54 bits per heavy atom. The maximum atomic E-state index is 14.0. The van der Waals surface area contributed by atoms with Gasteiger partial charge in [-0.2, -0.15) is 5.10 Å². The van der Waals surface area contributed by atoms with Crippen LogP contribution in [0, 0.1) is 5.82 Å². The fourth-order valence-corrected chi connectivity index (χ4v) is 3.66. The predicted octanol–water partition coefficient (Wildman–Crippen LogP) is 2.77. The molecular formula is C20H21ClFN4+. The van der Waals surface area contributed by atoms with Crippen molar-refractivity contribution in [3.05, 3.63) is 71.1 Å². The number of hydrogen-bond acceptors (Lipinski definition) is 2. The minimum absolute atomic E-state index is 0.143. The summed E-state index contributed by atoms with van der Waals surface area (Å²) in [6, 6.07) is 14.8. The Labute approximate surface area is 157 Å². The molecule has 1 aliphatic rings. The van der Waals surface area contributed by atoms with Crippen molar-refractivity contribution < 1.29 is 9.29 Å². The molecule has 0 saturated carbocycles. The molecule has 0 bridgehead atoms. The SMILES string of the molecule is Fc1ccccc1N1CC[NH+](Cc2cn[nH]c2-c2ccc(Cl)cc2)CC1. The molecule has 2 N–H and O–H groups in total. The molecule has 134 valence electrons. The standard InChI is InChI=1S/C20H20ClFN4/c21-17-7-5-15(6-8-17)20-16(13-23-24-20)14-25-9-11-26(12-10-25)19-4-2-1-3-18(19)22/h1-8,13H,9-12,14H2,(H,23,24)/p+1. The lowest BCUT2D eigenvalue weighted by Crippen LogP contribution is -3.13. The number of benzene rings is 2. The number of anilines is 1. The van der Waals surface area contributed by atoms with Gasteiger partial charge < -0.3 is 9.80 Å². The number of aromatic nitrogens is 2. The van der Waals surface area contributed by atoms with Crippen LogP contribution in [-0.4, -0.2) is 36.4 Å². The molecule has 4 rings (SSSR count). The summed E-state index contributed by atoms with van der Waals surface area (Å²) in [6.07, 6.45) is 1.90. The van der Waals surface area contributed by atoms with Gasteiger partial charge in [0.25, 0.3) is 0 Å². The predicted molar refractivity (Wildman–Crippen MR) is 102 cm³/mol. The average Bonchev–Trinajstić information content (AvgIpc) is 3.12. The lowest BCUT2D eigenvalue weighted by atomic mass is 10.1. The summed E-state index contributed by atoms with van der Waals surface area (Å²) in [7, 11) is 0. The highest BCUT2D eigenvalue weighted by Gasteiger charge is 2.23. The van der Waals surface area contributed by atoms with Gasteiger partial charge in [0.05, 0.1) is 49.3 Å². The van der Waals surface area contributed by atoms with Crippen molar-refractivity contribution in [2.45, 2.75) is 6.54 Å². The number of nitrogens with one attached hydrogen (secondary N) is 2. The van der Waals surface area contributed by atoms with Crippen LogP contribution in [0.25, 0.3) is 11.3 Å². The molecule has 6 heteroatoms. The highest BCUT2D eigenvalue weighted by Crippen LogP contribution is 2.23. The summed E-state index contributed by atoms with van der Waals surface area (Å²) in [5, 5.41) is 8.06. The number of rotatable bonds is 4. The third-order valence-electron chi connectivity index (χ3n) is 4.95. The Morgan fingerprint density at radius 1 is 1.08 bits per heavy atom. The zero-order valence-corrected chi connectivity index (χ0v) is 15.1. The number of halogens is 2. The smallest absolute Gasteiger partial charge is 0.146 e. The van der Waals surface area contributed by atoms with Crippen molar-refractivity contribution in [3.63, 3.8) is 0 Å². The van der Waals surface area contributed by atoms with Crippen molar-refractivity contribution in [3.8, 4) is 11.3 Å². The number of hydrogen-bond donors (Lipinski definition) is 2.